The summed E-state index contributed by atoms with van der Waals surface area (Å²) >= 11 is 0. The monoisotopic (exact) mass is 359 g/mol. The molecule has 6 nitrogen and oxygen atoms in total. The van der Waals surface area contributed by atoms with E-state index in [9.17, 15) is 8.42 Å². The number of nitrogens with zero attached hydrogens (tertiary/aromatic N) is 2. The van der Waals surface area contributed by atoms with Crippen molar-refractivity contribution in [2.75, 3.05) is 13.1 Å². The minimum atomic E-state index is -3.59. The summed E-state index contributed by atoms with van der Waals surface area (Å²) < 4.78 is 32.7. The Morgan fingerprint density at radius 2 is 2.08 bits per heavy atom. The average molecular weight is 359 g/mol. The molecule has 3 heterocycles. The lowest BCUT2D eigenvalue weighted by molar-refractivity contribution is 0.312. The fourth-order valence-electron chi connectivity index (χ4n) is 3.70. The third kappa shape index (κ3) is 2.77. The summed E-state index contributed by atoms with van der Waals surface area (Å²) in [4.78, 5) is 3.66. The minimum Gasteiger partial charge on any atom is -0.360 e. The Hall–Kier alpha value is -2.12. The number of nitrogens with one attached hydrogen (secondary N) is 1. The molecule has 1 aliphatic rings. The lowest BCUT2D eigenvalue weighted by atomic mass is 9.96. The molecule has 132 valence electrons. The van der Waals surface area contributed by atoms with Crippen molar-refractivity contribution in [1.82, 2.24) is 14.4 Å². The Bertz CT molecular complexity index is 967. The number of benzene rings is 1. The van der Waals surface area contributed by atoms with Gasteiger partial charge in [-0.3, -0.25) is 0 Å². The quantitative estimate of drug-likeness (QED) is 0.778. The van der Waals surface area contributed by atoms with Gasteiger partial charge in [-0.15, -0.1) is 0 Å². The highest BCUT2D eigenvalue weighted by atomic mass is 32.2. The third-order valence-corrected chi connectivity index (χ3v) is 7.05. The van der Waals surface area contributed by atoms with Crippen molar-refractivity contribution in [3.63, 3.8) is 0 Å². The average Bonchev–Trinajstić information content (AvgIpc) is 3.18. The number of sulfonamides is 1. The SMILES string of the molecule is Cc1noc(C)c1S(=O)(=O)N1CCCC(c2cc3ccccc3[nH]2)C1. The smallest absolute Gasteiger partial charge is 0.248 e. The molecule has 1 fully saturated rings. The van der Waals surface area contributed by atoms with Crippen molar-refractivity contribution in [1.29, 1.82) is 0 Å². The molecule has 4 rings (SSSR count). The van der Waals surface area contributed by atoms with Gasteiger partial charge in [0.05, 0.1) is 0 Å². The van der Waals surface area contributed by atoms with Gasteiger partial charge in [-0.05, 0) is 44.2 Å². The molecule has 7 heteroatoms. The Balaban J connectivity index is 1.65. The van der Waals surface area contributed by atoms with E-state index in [1.54, 1.807) is 18.2 Å². The summed E-state index contributed by atoms with van der Waals surface area (Å²) in [6.07, 6.45) is 1.81. The molecule has 1 N–H and O–H groups in total. The zero-order valence-corrected chi connectivity index (χ0v) is 15.1. The van der Waals surface area contributed by atoms with Crippen molar-refractivity contribution in [2.24, 2.45) is 0 Å². The maximum atomic E-state index is 13.1. The lowest BCUT2D eigenvalue weighted by Crippen LogP contribution is -2.39. The van der Waals surface area contributed by atoms with Gasteiger partial charge in [-0.25, -0.2) is 8.42 Å². The standard InChI is InChI=1S/C18H21N3O3S/c1-12-18(13(2)24-20-12)25(22,23)21-9-5-7-15(11-21)17-10-14-6-3-4-8-16(14)19-17/h3-4,6,8,10,15,19H,5,7,9,11H2,1-2H3. The Labute approximate surface area is 146 Å². The van der Waals surface area contributed by atoms with Gasteiger partial charge in [0, 0.05) is 30.2 Å². The second kappa shape index (κ2) is 6.00. The summed E-state index contributed by atoms with van der Waals surface area (Å²) in [6.45, 7) is 4.32. The Morgan fingerprint density at radius 3 is 2.80 bits per heavy atom. The second-order valence-electron chi connectivity index (χ2n) is 6.67. The zero-order chi connectivity index (χ0) is 17.6. The molecule has 0 bridgehead atoms. The van der Waals surface area contributed by atoms with Crippen LogP contribution in [0.25, 0.3) is 10.9 Å². The van der Waals surface area contributed by atoms with Crippen LogP contribution in [0.1, 0.15) is 35.9 Å². The van der Waals surface area contributed by atoms with E-state index in [-0.39, 0.29) is 10.8 Å². The zero-order valence-electron chi connectivity index (χ0n) is 14.3. The topological polar surface area (TPSA) is 79.2 Å². The number of hydrogen-bond donors (Lipinski definition) is 1. The third-order valence-electron chi connectivity index (χ3n) is 4.94. The van der Waals surface area contributed by atoms with Crippen molar-refractivity contribution >= 4 is 20.9 Å². The van der Waals surface area contributed by atoms with Crippen LogP contribution in [0.5, 0.6) is 0 Å². The molecule has 1 aliphatic heterocycles. The van der Waals surface area contributed by atoms with E-state index in [1.807, 2.05) is 18.2 Å². The Morgan fingerprint density at radius 1 is 1.28 bits per heavy atom. The highest BCUT2D eigenvalue weighted by Crippen LogP contribution is 2.33. The van der Waals surface area contributed by atoms with Crippen molar-refractivity contribution in [3.05, 3.63) is 47.5 Å². The number of H-pyrrole nitrogens is 1. The molecule has 1 saturated heterocycles. The van der Waals surface area contributed by atoms with Gasteiger partial charge in [-0.2, -0.15) is 4.31 Å². The highest BCUT2D eigenvalue weighted by molar-refractivity contribution is 7.89. The van der Waals surface area contributed by atoms with Crippen molar-refractivity contribution in [2.45, 2.75) is 37.5 Å². The predicted molar refractivity (Wildman–Crippen MR) is 95.0 cm³/mol. The first-order valence-corrected chi connectivity index (χ1v) is 9.91. The van der Waals surface area contributed by atoms with Gasteiger partial charge in [0.15, 0.2) is 5.76 Å². The molecule has 0 amide bonds. The number of piperidine rings is 1. The van der Waals surface area contributed by atoms with E-state index in [0.29, 0.717) is 24.5 Å². The van der Waals surface area contributed by atoms with Gasteiger partial charge in [-0.1, -0.05) is 23.4 Å². The Kier molecular flexibility index (Phi) is 3.92. The summed E-state index contributed by atoms with van der Waals surface area (Å²) in [7, 11) is -3.59. The number of rotatable bonds is 3. The fourth-order valence-corrected chi connectivity index (χ4v) is 5.52. The largest absolute Gasteiger partial charge is 0.360 e. The molecule has 0 aliphatic carbocycles. The maximum Gasteiger partial charge on any atom is 0.248 e. The van der Waals surface area contributed by atoms with Gasteiger partial charge in [0.25, 0.3) is 0 Å². The van der Waals surface area contributed by atoms with Crippen LogP contribution >= 0.6 is 0 Å². The molecular weight excluding hydrogens is 338 g/mol. The van der Waals surface area contributed by atoms with E-state index in [0.717, 1.165) is 29.4 Å². The maximum absolute atomic E-state index is 13.1. The van der Waals surface area contributed by atoms with Crippen LogP contribution in [-0.4, -0.2) is 36.0 Å². The van der Waals surface area contributed by atoms with Gasteiger partial charge in [0.1, 0.15) is 10.6 Å². The summed E-state index contributed by atoms with van der Waals surface area (Å²) in [5.41, 5.74) is 2.60. The molecule has 0 saturated carbocycles. The number of hydrogen-bond acceptors (Lipinski definition) is 4. The molecule has 3 aromatic rings. The van der Waals surface area contributed by atoms with Gasteiger partial charge in [0.2, 0.25) is 10.0 Å². The minimum absolute atomic E-state index is 0.163. The highest BCUT2D eigenvalue weighted by Gasteiger charge is 2.35. The van der Waals surface area contributed by atoms with E-state index < -0.39 is 10.0 Å². The first-order chi connectivity index (χ1) is 12.0. The van der Waals surface area contributed by atoms with Crippen molar-refractivity contribution in [3.8, 4) is 0 Å². The van der Waals surface area contributed by atoms with Crippen LogP contribution in [0.3, 0.4) is 0 Å². The molecule has 0 spiro atoms. The van der Waals surface area contributed by atoms with Crippen LogP contribution in [-0.2, 0) is 10.0 Å². The van der Waals surface area contributed by atoms with E-state index in [4.69, 9.17) is 4.52 Å². The van der Waals surface area contributed by atoms with E-state index in [1.165, 1.54) is 0 Å². The summed E-state index contributed by atoms with van der Waals surface area (Å²) in [5, 5.41) is 4.95. The first kappa shape index (κ1) is 16.4. The van der Waals surface area contributed by atoms with Crippen LogP contribution in [0.15, 0.2) is 39.8 Å². The summed E-state index contributed by atoms with van der Waals surface area (Å²) in [6, 6.07) is 10.2. The number of aromatic amines is 1. The second-order valence-corrected chi connectivity index (χ2v) is 8.54. The predicted octanol–water partition coefficient (Wildman–Crippen LogP) is 3.34. The number of aromatic nitrogens is 2. The molecular formula is C18H21N3O3S. The molecule has 0 radical (unpaired) electrons. The van der Waals surface area contributed by atoms with E-state index >= 15 is 0 Å². The summed E-state index contributed by atoms with van der Waals surface area (Å²) in [5.74, 6) is 0.515. The fraction of sp³-hybridized carbons (Fsp3) is 0.389. The molecule has 1 aromatic carbocycles. The van der Waals surface area contributed by atoms with Crippen LogP contribution in [0, 0.1) is 13.8 Å². The normalized spacial score (nSPS) is 19.5. The van der Waals surface area contributed by atoms with Crippen LogP contribution in [0.4, 0.5) is 0 Å². The molecule has 2 aromatic heterocycles. The lowest BCUT2D eigenvalue weighted by Gasteiger charge is -2.31. The molecule has 25 heavy (non-hydrogen) atoms. The molecule has 1 atom stereocenters. The number of fused-ring (bicyclic) bond motifs is 1. The number of aryl methyl sites for hydroxylation is 2. The van der Waals surface area contributed by atoms with Crippen molar-refractivity contribution < 1.29 is 12.9 Å². The van der Waals surface area contributed by atoms with Crippen LogP contribution < -0.4 is 0 Å². The van der Waals surface area contributed by atoms with Gasteiger partial charge >= 0.3 is 0 Å². The van der Waals surface area contributed by atoms with Crippen LogP contribution in [0.2, 0.25) is 0 Å². The van der Waals surface area contributed by atoms with E-state index in [2.05, 4.69) is 22.3 Å². The molecule has 1 unspecified atom stereocenters. The first-order valence-electron chi connectivity index (χ1n) is 8.47. The number of para-hydroxylation sites is 1. The van der Waals surface area contributed by atoms with Gasteiger partial charge < -0.3 is 9.51 Å².